The van der Waals surface area contributed by atoms with Gasteiger partial charge in [0.15, 0.2) is 0 Å². The number of likely N-dealkylation sites (N-methyl/N-ethyl adjacent to an activating group) is 1. The van der Waals surface area contributed by atoms with Crippen molar-refractivity contribution in [3.05, 3.63) is 71.4 Å². The molecule has 0 unspecified atom stereocenters. The van der Waals surface area contributed by atoms with Crippen molar-refractivity contribution in [1.29, 1.82) is 0 Å². The van der Waals surface area contributed by atoms with E-state index in [1.54, 1.807) is 4.90 Å². The molecule has 3 aromatic rings. The molecule has 0 spiro atoms. The van der Waals surface area contributed by atoms with E-state index in [1.165, 1.54) is 0 Å². The first-order valence-electron chi connectivity index (χ1n) is 9.30. The fourth-order valence-corrected chi connectivity index (χ4v) is 2.98. The molecule has 4 heteroatoms. The van der Waals surface area contributed by atoms with Crippen LogP contribution in [0.5, 0.6) is 5.75 Å². The Morgan fingerprint density at radius 2 is 1.89 bits per heavy atom. The second kappa shape index (κ2) is 8.21. The zero-order valence-electron chi connectivity index (χ0n) is 16.4. The first-order chi connectivity index (χ1) is 13.0. The highest BCUT2D eigenvalue weighted by Crippen LogP contribution is 2.23. The molecule has 2 aromatic carbocycles. The molecule has 4 nitrogen and oxygen atoms in total. The van der Waals surface area contributed by atoms with Crippen LogP contribution in [-0.4, -0.2) is 36.0 Å². The number of fused-ring (bicyclic) bond motifs is 1. The fraction of sp³-hybridized carbons (Fsp3) is 0.304. The number of amides is 1. The van der Waals surface area contributed by atoms with E-state index in [1.807, 2.05) is 68.6 Å². The van der Waals surface area contributed by atoms with Gasteiger partial charge >= 0.3 is 0 Å². The number of pyridine rings is 1. The van der Waals surface area contributed by atoms with Crippen LogP contribution in [0, 0.1) is 6.92 Å². The lowest BCUT2D eigenvalue weighted by molar-refractivity contribution is 0.0775. The molecule has 0 atom stereocenters. The monoisotopic (exact) mass is 362 g/mol. The Labute approximate surface area is 160 Å². The van der Waals surface area contributed by atoms with Crippen molar-refractivity contribution >= 4 is 16.8 Å². The molecule has 0 N–H and O–H groups in total. The summed E-state index contributed by atoms with van der Waals surface area (Å²) in [5, 5.41) is 0.887. The van der Waals surface area contributed by atoms with Gasteiger partial charge < -0.3 is 9.64 Å². The minimum absolute atomic E-state index is 0.0108. The summed E-state index contributed by atoms with van der Waals surface area (Å²) in [4.78, 5) is 19.5. The Morgan fingerprint density at radius 1 is 1.11 bits per heavy atom. The van der Waals surface area contributed by atoms with E-state index in [2.05, 4.69) is 13.8 Å². The SMILES string of the molecule is Cc1cccc(OCCN(C)C(=O)c2cc(C(C)C)nc3ccccc23)c1. The van der Waals surface area contributed by atoms with Crippen molar-refractivity contribution in [2.24, 2.45) is 0 Å². The van der Waals surface area contributed by atoms with Gasteiger partial charge in [-0.25, -0.2) is 0 Å². The molecule has 0 aliphatic rings. The number of carbonyl (C=O) groups excluding carboxylic acids is 1. The molecule has 0 aliphatic heterocycles. The van der Waals surface area contributed by atoms with Gasteiger partial charge in [0.2, 0.25) is 0 Å². The van der Waals surface area contributed by atoms with E-state index in [0.29, 0.717) is 18.7 Å². The molecule has 1 heterocycles. The third kappa shape index (κ3) is 4.45. The van der Waals surface area contributed by atoms with Crippen molar-refractivity contribution < 1.29 is 9.53 Å². The zero-order chi connectivity index (χ0) is 19.4. The minimum Gasteiger partial charge on any atom is -0.492 e. The first-order valence-corrected chi connectivity index (χ1v) is 9.30. The summed E-state index contributed by atoms with van der Waals surface area (Å²) < 4.78 is 5.79. The van der Waals surface area contributed by atoms with Crippen LogP contribution < -0.4 is 4.74 Å². The van der Waals surface area contributed by atoms with Crippen molar-refractivity contribution in [3.63, 3.8) is 0 Å². The number of nitrogens with zero attached hydrogens (tertiary/aromatic N) is 2. The third-order valence-electron chi connectivity index (χ3n) is 4.59. The Balaban J connectivity index is 1.76. The van der Waals surface area contributed by atoms with E-state index in [4.69, 9.17) is 9.72 Å². The third-order valence-corrected chi connectivity index (χ3v) is 4.59. The molecule has 0 aliphatic carbocycles. The lowest BCUT2D eigenvalue weighted by Gasteiger charge is -2.19. The van der Waals surface area contributed by atoms with Gasteiger partial charge in [-0.2, -0.15) is 0 Å². The van der Waals surface area contributed by atoms with Gasteiger partial charge in [0.1, 0.15) is 12.4 Å². The topological polar surface area (TPSA) is 42.4 Å². The van der Waals surface area contributed by atoms with E-state index in [9.17, 15) is 4.79 Å². The highest BCUT2D eigenvalue weighted by atomic mass is 16.5. The Hall–Kier alpha value is -2.88. The van der Waals surface area contributed by atoms with Gasteiger partial charge in [0.25, 0.3) is 5.91 Å². The lowest BCUT2D eigenvalue weighted by Crippen LogP contribution is -2.31. The highest BCUT2D eigenvalue weighted by molar-refractivity contribution is 6.06. The number of hydrogen-bond donors (Lipinski definition) is 0. The molecule has 0 saturated carbocycles. The van der Waals surface area contributed by atoms with Crippen LogP contribution in [0.15, 0.2) is 54.6 Å². The predicted molar refractivity (Wildman–Crippen MR) is 109 cm³/mol. The van der Waals surface area contributed by atoms with E-state index in [-0.39, 0.29) is 11.8 Å². The van der Waals surface area contributed by atoms with Crippen LogP contribution in [-0.2, 0) is 0 Å². The van der Waals surface area contributed by atoms with Crippen LogP contribution >= 0.6 is 0 Å². The molecule has 27 heavy (non-hydrogen) atoms. The normalized spacial score (nSPS) is 11.0. The quantitative estimate of drug-likeness (QED) is 0.631. The maximum atomic E-state index is 13.1. The molecule has 1 aromatic heterocycles. The van der Waals surface area contributed by atoms with Crippen molar-refractivity contribution in [2.45, 2.75) is 26.7 Å². The van der Waals surface area contributed by atoms with Gasteiger partial charge in [-0.05, 0) is 42.7 Å². The van der Waals surface area contributed by atoms with Crippen LogP contribution in [0.1, 0.15) is 41.4 Å². The van der Waals surface area contributed by atoms with Crippen molar-refractivity contribution in [2.75, 3.05) is 20.2 Å². The molecule has 0 bridgehead atoms. The second-order valence-corrected chi connectivity index (χ2v) is 7.16. The van der Waals surface area contributed by atoms with Gasteiger partial charge in [-0.15, -0.1) is 0 Å². The summed E-state index contributed by atoms with van der Waals surface area (Å²) in [6.07, 6.45) is 0. The summed E-state index contributed by atoms with van der Waals surface area (Å²) in [6.45, 7) is 7.17. The average Bonchev–Trinajstić information content (AvgIpc) is 2.66. The molecule has 0 fully saturated rings. The van der Waals surface area contributed by atoms with E-state index in [0.717, 1.165) is 27.9 Å². The molecule has 1 amide bonds. The number of hydrogen-bond acceptors (Lipinski definition) is 3. The zero-order valence-corrected chi connectivity index (χ0v) is 16.4. The fourth-order valence-electron chi connectivity index (χ4n) is 2.98. The number of para-hydroxylation sites is 1. The maximum absolute atomic E-state index is 13.1. The van der Waals surface area contributed by atoms with Crippen LogP contribution in [0.2, 0.25) is 0 Å². The summed E-state index contributed by atoms with van der Waals surface area (Å²) >= 11 is 0. The van der Waals surface area contributed by atoms with Crippen LogP contribution in [0.3, 0.4) is 0 Å². The number of carbonyl (C=O) groups is 1. The highest BCUT2D eigenvalue weighted by Gasteiger charge is 2.17. The van der Waals surface area contributed by atoms with E-state index >= 15 is 0 Å². The largest absolute Gasteiger partial charge is 0.492 e. The summed E-state index contributed by atoms with van der Waals surface area (Å²) in [5.41, 5.74) is 3.64. The maximum Gasteiger partial charge on any atom is 0.254 e. The molecule has 0 radical (unpaired) electrons. The smallest absolute Gasteiger partial charge is 0.254 e. The number of aryl methyl sites for hydroxylation is 1. The summed E-state index contributed by atoms with van der Waals surface area (Å²) in [7, 11) is 1.81. The van der Waals surface area contributed by atoms with Gasteiger partial charge in [-0.1, -0.05) is 44.2 Å². The number of ether oxygens (including phenoxy) is 1. The second-order valence-electron chi connectivity index (χ2n) is 7.16. The van der Waals surface area contributed by atoms with Gasteiger partial charge in [-0.3, -0.25) is 9.78 Å². The number of rotatable bonds is 6. The van der Waals surface area contributed by atoms with Crippen molar-refractivity contribution in [3.8, 4) is 5.75 Å². The molecular weight excluding hydrogens is 336 g/mol. The van der Waals surface area contributed by atoms with Gasteiger partial charge in [0, 0.05) is 18.1 Å². The standard InChI is InChI=1S/C23H26N2O2/c1-16(2)22-15-20(19-10-5-6-11-21(19)24-22)23(26)25(4)12-13-27-18-9-7-8-17(3)14-18/h5-11,14-16H,12-13H2,1-4H3. The van der Waals surface area contributed by atoms with Crippen molar-refractivity contribution in [1.82, 2.24) is 9.88 Å². The van der Waals surface area contributed by atoms with E-state index < -0.39 is 0 Å². The minimum atomic E-state index is -0.0108. The molecular formula is C23H26N2O2. The summed E-state index contributed by atoms with van der Waals surface area (Å²) in [5.74, 6) is 1.08. The molecule has 3 rings (SSSR count). The lowest BCUT2D eigenvalue weighted by atomic mass is 10.0. The Morgan fingerprint density at radius 3 is 2.63 bits per heavy atom. The Bertz CT molecular complexity index is 950. The first kappa shape index (κ1) is 18.9. The molecule has 0 saturated heterocycles. The average molecular weight is 362 g/mol. The summed E-state index contributed by atoms with van der Waals surface area (Å²) in [6, 6.07) is 17.7. The predicted octanol–water partition coefficient (Wildman–Crippen LogP) is 4.82. The molecule has 140 valence electrons. The van der Waals surface area contributed by atoms with Crippen LogP contribution in [0.4, 0.5) is 0 Å². The number of aromatic nitrogens is 1. The Kier molecular flexibility index (Phi) is 5.75. The van der Waals surface area contributed by atoms with Gasteiger partial charge in [0.05, 0.1) is 17.6 Å². The van der Waals surface area contributed by atoms with Crippen LogP contribution in [0.25, 0.3) is 10.9 Å². The number of benzene rings is 2.